The lowest BCUT2D eigenvalue weighted by Crippen LogP contribution is -2.05. The van der Waals surface area contributed by atoms with Crippen molar-refractivity contribution >= 4 is 0 Å². The van der Waals surface area contributed by atoms with Gasteiger partial charge in [0, 0.05) is 23.7 Å². The molecule has 3 aromatic heterocycles. The third-order valence-corrected chi connectivity index (χ3v) is 3.99. The van der Waals surface area contributed by atoms with Crippen molar-refractivity contribution < 1.29 is 8.81 Å². The van der Waals surface area contributed by atoms with E-state index in [-0.39, 0.29) is 11.7 Å². The minimum atomic E-state index is -0.689. The van der Waals surface area contributed by atoms with Gasteiger partial charge in [-0.05, 0) is 61.3 Å². The van der Waals surface area contributed by atoms with E-state index in [1.54, 1.807) is 18.3 Å². The van der Waals surface area contributed by atoms with E-state index in [1.165, 1.54) is 18.2 Å². The molecule has 1 aliphatic rings. The fourth-order valence-electron chi connectivity index (χ4n) is 2.80. The van der Waals surface area contributed by atoms with Crippen LogP contribution in [0.3, 0.4) is 0 Å². The Balaban J connectivity index is 1.62. The largest absolute Gasteiger partial charge is 0.427 e. The van der Waals surface area contributed by atoms with Crippen LogP contribution in [0.25, 0.3) is 11.3 Å². The Hall–Kier alpha value is -3.00. The van der Waals surface area contributed by atoms with Gasteiger partial charge >= 0.3 is 0 Å². The fraction of sp³-hybridized carbons (Fsp3) is 0.211. The predicted octanol–water partition coefficient (Wildman–Crippen LogP) is 3.55. The van der Waals surface area contributed by atoms with Gasteiger partial charge in [-0.3, -0.25) is 4.98 Å². The Morgan fingerprint density at radius 1 is 1.04 bits per heavy atom. The summed E-state index contributed by atoms with van der Waals surface area (Å²) >= 11 is 0. The van der Waals surface area contributed by atoms with Crippen LogP contribution in [0.15, 0.2) is 41.1 Å². The lowest BCUT2D eigenvalue weighted by atomic mass is 9.96. The van der Waals surface area contributed by atoms with Crippen LogP contribution in [0.5, 0.6) is 0 Å². The molecule has 0 saturated carbocycles. The number of oxazole rings is 1. The first-order chi connectivity index (χ1) is 11.8. The molecule has 1 aliphatic carbocycles. The Labute approximate surface area is 138 Å². The zero-order valence-electron chi connectivity index (χ0n) is 12.9. The van der Waals surface area contributed by atoms with Crippen molar-refractivity contribution in [1.82, 2.24) is 15.0 Å². The van der Waals surface area contributed by atoms with Crippen LogP contribution in [-0.4, -0.2) is 15.0 Å². The molecule has 0 amide bonds. The molecule has 0 unspecified atom stereocenters. The number of aryl methyl sites for hydroxylation is 2. The summed E-state index contributed by atoms with van der Waals surface area (Å²) in [5, 5.41) is 0. The van der Waals surface area contributed by atoms with Crippen LogP contribution < -0.4 is 0 Å². The number of pyridine rings is 2. The number of fused-ring (bicyclic) bond motifs is 1. The van der Waals surface area contributed by atoms with Crippen LogP contribution >= 0.6 is 0 Å². The highest BCUT2D eigenvalue weighted by Crippen LogP contribution is 2.22. The monoisotopic (exact) mass is 319 g/mol. The van der Waals surface area contributed by atoms with Crippen molar-refractivity contribution in [2.45, 2.75) is 25.7 Å². The molecule has 0 aliphatic heterocycles. The van der Waals surface area contributed by atoms with Crippen LogP contribution in [0.4, 0.5) is 4.39 Å². The van der Waals surface area contributed by atoms with E-state index >= 15 is 0 Å². The molecule has 4 nitrogen and oxygen atoms in total. The molecule has 4 rings (SSSR count). The molecule has 0 radical (unpaired) electrons. The maximum atomic E-state index is 13.9. The molecule has 3 aromatic rings. The Kier molecular flexibility index (Phi) is 3.80. The van der Waals surface area contributed by atoms with Gasteiger partial charge in [-0.15, -0.1) is 0 Å². The standard InChI is InChI=1S/C19H14FN3O/c20-19-18(14-5-3-11-21-12-14)24-17(23-19)10-9-15-8-7-13-4-1-2-6-16(13)22-15/h3,5,7-8,11-12H,1-2,4,6H2. The summed E-state index contributed by atoms with van der Waals surface area (Å²) in [6.07, 6.45) is 7.58. The van der Waals surface area contributed by atoms with Gasteiger partial charge in [-0.25, -0.2) is 4.98 Å². The zero-order chi connectivity index (χ0) is 16.4. The van der Waals surface area contributed by atoms with Crippen molar-refractivity contribution in [3.05, 3.63) is 65.4 Å². The van der Waals surface area contributed by atoms with Gasteiger partial charge in [0.25, 0.3) is 11.8 Å². The van der Waals surface area contributed by atoms with Crippen LogP contribution in [0.1, 0.15) is 35.7 Å². The van der Waals surface area contributed by atoms with E-state index in [9.17, 15) is 4.39 Å². The molecule has 0 N–H and O–H groups in total. The summed E-state index contributed by atoms with van der Waals surface area (Å²) in [6, 6.07) is 7.37. The van der Waals surface area contributed by atoms with E-state index in [4.69, 9.17) is 4.42 Å². The molecule has 0 spiro atoms. The summed E-state index contributed by atoms with van der Waals surface area (Å²) in [4.78, 5) is 12.2. The van der Waals surface area contributed by atoms with E-state index in [2.05, 4.69) is 32.9 Å². The van der Waals surface area contributed by atoms with E-state index < -0.39 is 5.95 Å². The topological polar surface area (TPSA) is 51.8 Å². The van der Waals surface area contributed by atoms with E-state index in [1.807, 2.05) is 6.07 Å². The first-order valence-electron chi connectivity index (χ1n) is 7.87. The van der Waals surface area contributed by atoms with Crippen molar-refractivity contribution in [3.8, 4) is 23.2 Å². The van der Waals surface area contributed by atoms with Gasteiger partial charge in [0.05, 0.1) is 0 Å². The number of aromatic nitrogens is 3. The molecule has 0 aromatic carbocycles. The minimum Gasteiger partial charge on any atom is -0.427 e. The maximum Gasteiger partial charge on any atom is 0.276 e. The highest BCUT2D eigenvalue weighted by Gasteiger charge is 2.14. The smallest absolute Gasteiger partial charge is 0.276 e. The molecule has 0 atom stereocenters. The highest BCUT2D eigenvalue weighted by atomic mass is 19.1. The molecule has 5 heteroatoms. The van der Waals surface area contributed by atoms with Gasteiger partial charge < -0.3 is 4.42 Å². The summed E-state index contributed by atoms with van der Waals surface area (Å²) < 4.78 is 19.3. The maximum absolute atomic E-state index is 13.9. The lowest BCUT2D eigenvalue weighted by Gasteiger charge is -2.13. The second-order valence-electron chi connectivity index (χ2n) is 5.64. The average molecular weight is 319 g/mol. The molecule has 0 saturated heterocycles. The molecule has 3 heterocycles. The van der Waals surface area contributed by atoms with Gasteiger partial charge in [0.15, 0.2) is 5.76 Å². The van der Waals surface area contributed by atoms with Gasteiger partial charge in [0.1, 0.15) is 5.69 Å². The number of rotatable bonds is 1. The van der Waals surface area contributed by atoms with Crippen LogP contribution in [-0.2, 0) is 12.8 Å². The quantitative estimate of drug-likeness (QED) is 0.644. The number of hydrogen-bond acceptors (Lipinski definition) is 4. The second-order valence-corrected chi connectivity index (χ2v) is 5.64. The highest BCUT2D eigenvalue weighted by molar-refractivity contribution is 5.55. The normalized spacial score (nSPS) is 13.0. The first kappa shape index (κ1) is 14.6. The van der Waals surface area contributed by atoms with E-state index in [0.717, 1.165) is 25.0 Å². The number of halogens is 1. The minimum absolute atomic E-state index is 0.0332. The van der Waals surface area contributed by atoms with Gasteiger partial charge in [-0.2, -0.15) is 9.37 Å². The van der Waals surface area contributed by atoms with Crippen molar-refractivity contribution in [2.75, 3.05) is 0 Å². The van der Waals surface area contributed by atoms with Crippen LogP contribution in [0.2, 0.25) is 0 Å². The average Bonchev–Trinajstić information content (AvgIpc) is 3.01. The predicted molar refractivity (Wildman–Crippen MR) is 86.6 cm³/mol. The number of hydrogen-bond donors (Lipinski definition) is 0. The summed E-state index contributed by atoms with van der Waals surface area (Å²) in [5.41, 5.74) is 3.59. The van der Waals surface area contributed by atoms with Crippen molar-refractivity contribution in [1.29, 1.82) is 0 Å². The van der Waals surface area contributed by atoms with E-state index in [0.29, 0.717) is 11.3 Å². The molecular weight excluding hydrogens is 305 g/mol. The lowest BCUT2D eigenvalue weighted by molar-refractivity contribution is 0.541. The van der Waals surface area contributed by atoms with Crippen molar-refractivity contribution in [2.24, 2.45) is 0 Å². The molecule has 0 fully saturated rings. The second kappa shape index (κ2) is 6.25. The van der Waals surface area contributed by atoms with Crippen molar-refractivity contribution in [3.63, 3.8) is 0 Å². The van der Waals surface area contributed by atoms with Gasteiger partial charge in [0.2, 0.25) is 0 Å². The number of nitrogens with zero attached hydrogens (tertiary/aromatic N) is 3. The summed E-state index contributed by atoms with van der Waals surface area (Å²) in [5.74, 6) is 5.04. The Bertz CT molecular complexity index is 938. The molecular formula is C19H14FN3O. The molecule has 24 heavy (non-hydrogen) atoms. The summed E-state index contributed by atoms with van der Waals surface area (Å²) in [7, 11) is 0. The third kappa shape index (κ3) is 2.91. The Morgan fingerprint density at radius 3 is 2.83 bits per heavy atom. The zero-order valence-corrected chi connectivity index (χ0v) is 12.9. The summed E-state index contributed by atoms with van der Waals surface area (Å²) in [6.45, 7) is 0. The SMILES string of the molecule is Fc1nc(C#Cc2ccc3c(n2)CCCC3)oc1-c1cccnc1. The van der Waals surface area contributed by atoms with Crippen LogP contribution in [0, 0.1) is 17.8 Å². The van der Waals surface area contributed by atoms with Gasteiger partial charge in [-0.1, -0.05) is 6.07 Å². The fourth-order valence-corrected chi connectivity index (χ4v) is 2.80. The molecule has 0 bridgehead atoms. The first-order valence-corrected chi connectivity index (χ1v) is 7.87. The third-order valence-electron chi connectivity index (χ3n) is 3.99. The Morgan fingerprint density at radius 2 is 1.96 bits per heavy atom. The molecule has 118 valence electrons.